The number of hydrogen-bond donors (Lipinski definition) is 2. The summed E-state index contributed by atoms with van der Waals surface area (Å²) in [5.41, 5.74) is 4.36. The highest BCUT2D eigenvalue weighted by atomic mass is 16.6. The number of nitrogens with zero attached hydrogens (tertiary/aromatic N) is 4. The highest BCUT2D eigenvalue weighted by Gasteiger charge is 2.39. The number of piperidine rings is 3. The van der Waals surface area contributed by atoms with Crippen LogP contribution in [0.4, 0.5) is 15.3 Å². The molecular weight excluding hydrogens is 644 g/mol. The van der Waals surface area contributed by atoms with Crippen molar-refractivity contribution < 1.29 is 19.1 Å². The number of amides is 4. The Hall–Kier alpha value is -4.38. The number of benzene rings is 2. The molecule has 7 rings (SSSR count). The van der Waals surface area contributed by atoms with Gasteiger partial charge in [0.05, 0.1) is 5.52 Å². The van der Waals surface area contributed by atoms with Crippen molar-refractivity contribution in [3.63, 3.8) is 0 Å². The third-order valence-corrected chi connectivity index (χ3v) is 12.1. The van der Waals surface area contributed by atoms with E-state index in [1.165, 1.54) is 18.9 Å². The van der Waals surface area contributed by atoms with Gasteiger partial charge in [0.1, 0.15) is 0 Å². The van der Waals surface area contributed by atoms with Gasteiger partial charge >= 0.3 is 12.1 Å². The average Bonchev–Trinajstić information content (AvgIpc) is 3.32. The molecule has 11 nitrogen and oxygen atoms in total. The van der Waals surface area contributed by atoms with E-state index in [1.54, 1.807) is 11.0 Å². The van der Waals surface area contributed by atoms with Gasteiger partial charge in [0, 0.05) is 56.4 Å². The number of carbonyl (C=O) groups is 3. The average molecular weight is 697 g/mol. The van der Waals surface area contributed by atoms with Gasteiger partial charge in [-0.1, -0.05) is 31.2 Å². The number of nitrogens with one attached hydrogen (secondary N) is 2. The van der Waals surface area contributed by atoms with Crippen molar-refractivity contribution in [1.29, 1.82) is 0 Å². The Morgan fingerprint density at radius 2 is 1.49 bits per heavy atom. The van der Waals surface area contributed by atoms with Gasteiger partial charge in [0.25, 0.3) is 5.91 Å². The van der Waals surface area contributed by atoms with Crippen LogP contribution in [0.3, 0.4) is 0 Å². The Kier molecular flexibility index (Phi) is 10.4. The maximum atomic E-state index is 14.4. The number of aromatic amines is 1. The van der Waals surface area contributed by atoms with E-state index >= 15 is 0 Å². The third-order valence-electron chi connectivity index (χ3n) is 12.1. The van der Waals surface area contributed by atoms with E-state index in [1.807, 2.05) is 60.0 Å². The number of aromatic nitrogens is 1. The quantitative estimate of drug-likeness (QED) is 0.348. The first-order valence-corrected chi connectivity index (χ1v) is 18.9. The van der Waals surface area contributed by atoms with Gasteiger partial charge in [-0.15, -0.1) is 0 Å². The van der Waals surface area contributed by atoms with Gasteiger partial charge in [-0.05, 0) is 124 Å². The molecular formula is C40H52N6O5. The summed E-state index contributed by atoms with van der Waals surface area (Å²) in [5, 5.41) is 3.93. The standard InChI is InChI=1S/C40H52N6O5/c1-26-24-32(25-31-8-9-35(47)42-36(26)31)27(2)37(38(48)44-19-12-29(13-20-44)28-10-17-43(3)18-11-28)51-40(50)45-21-15-33(16-22-45)46-23-14-30-6-4-5-7-34(30)41-39(46)49/h4-9,24-25,27-29,33,37H,10-23H2,1-3H3,(H,41,49)(H,42,47)/t27-,37?/m1/s1. The molecule has 4 aliphatic heterocycles. The van der Waals surface area contributed by atoms with Gasteiger partial charge in [-0.2, -0.15) is 0 Å². The Bertz CT molecular complexity index is 1800. The van der Waals surface area contributed by atoms with E-state index in [4.69, 9.17) is 4.74 Å². The van der Waals surface area contributed by atoms with Crippen LogP contribution in [0.25, 0.3) is 10.9 Å². The molecule has 5 heterocycles. The molecule has 51 heavy (non-hydrogen) atoms. The topological polar surface area (TPSA) is 118 Å². The van der Waals surface area contributed by atoms with E-state index in [-0.39, 0.29) is 23.5 Å². The number of H-pyrrole nitrogens is 1. The second kappa shape index (κ2) is 15.1. The van der Waals surface area contributed by atoms with Crippen molar-refractivity contribution in [1.82, 2.24) is 24.6 Å². The molecule has 1 unspecified atom stereocenters. The van der Waals surface area contributed by atoms with E-state index in [9.17, 15) is 19.2 Å². The molecule has 3 aromatic rings. The van der Waals surface area contributed by atoms with Crippen molar-refractivity contribution >= 4 is 34.6 Å². The molecule has 2 N–H and O–H groups in total. The Morgan fingerprint density at radius 1 is 0.824 bits per heavy atom. The van der Waals surface area contributed by atoms with Crippen LogP contribution >= 0.6 is 0 Å². The van der Waals surface area contributed by atoms with E-state index in [0.29, 0.717) is 57.4 Å². The first-order valence-electron chi connectivity index (χ1n) is 18.9. The first kappa shape index (κ1) is 35.0. The lowest BCUT2D eigenvalue weighted by Crippen LogP contribution is -2.52. The lowest BCUT2D eigenvalue weighted by Gasteiger charge is -2.41. The van der Waals surface area contributed by atoms with Crippen LogP contribution in [0.1, 0.15) is 68.1 Å². The molecule has 4 amide bonds. The van der Waals surface area contributed by atoms with Crippen LogP contribution in [0.15, 0.2) is 53.3 Å². The zero-order chi connectivity index (χ0) is 35.6. The predicted molar refractivity (Wildman–Crippen MR) is 198 cm³/mol. The number of aryl methyl sites for hydroxylation is 1. The van der Waals surface area contributed by atoms with E-state index in [0.717, 1.165) is 65.6 Å². The number of urea groups is 1. The predicted octanol–water partition coefficient (Wildman–Crippen LogP) is 5.58. The van der Waals surface area contributed by atoms with Crippen LogP contribution < -0.4 is 10.9 Å². The van der Waals surface area contributed by atoms with E-state index < -0.39 is 18.1 Å². The molecule has 2 aromatic carbocycles. The third kappa shape index (κ3) is 7.64. The van der Waals surface area contributed by atoms with Crippen LogP contribution in [0.2, 0.25) is 0 Å². The summed E-state index contributed by atoms with van der Waals surface area (Å²) >= 11 is 0. The second-order valence-corrected chi connectivity index (χ2v) is 15.3. The fourth-order valence-corrected chi connectivity index (χ4v) is 8.83. The van der Waals surface area contributed by atoms with Gasteiger partial charge in [0.2, 0.25) is 5.56 Å². The monoisotopic (exact) mass is 696 g/mol. The first-order chi connectivity index (χ1) is 24.6. The summed E-state index contributed by atoms with van der Waals surface area (Å²) < 4.78 is 6.25. The molecule has 0 saturated carbocycles. The van der Waals surface area contributed by atoms with Crippen LogP contribution in [0, 0.1) is 18.8 Å². The van der Waals surface area contributed by atoms with E-state index in [2.05, 4.69) is 22.2 Å². The number of hydrogen-bond acceptors (Lipinski definition) is 6. The fraction of sp³-hybridized carbons (Fsp3) is 0.550. The minimum Gasteiger partial charge on any atom is -0.435 e. The Labute approximate surface area is 300 Å². The molecule has 0 aliphatic carbocycles. The fourth-order valence-electron chi connectivity index (χ4n) is 8.83. The zero-order valence-electron chi connectivity index (χ0n) is 30.2. The SMILES string of the molecule is Cc1cc([C@@H](C)C(OC(=O)N2CCC(N3CCc4ccccc4NC3=O)CC2)C(=O)N2CCC(C3CCN(C)CC3)CC2)cc2ccc(=O)[nH]c12. The van der Waals surface area contributed by atoms with Gasteiger partial charge < -0.3 is 34.6 Å². The number of rotatable bonds is 6. The lowest BCUT2D eigenvalue weighted by molar-refractivity contribution is -0.143. The minimum absolute atomic E-state index is 0.0117. The van der Waals surface area contributed by atoms with Gasteiger partial charge in [0.15, 0.2) is 6.10 Å². The summed E-state index contributed by atoms with van der Waals surface area (Å²) in [6.45, 7) is 9.02. The van der Waals surface area contributed by atoms with Crippen LogP contribution in [-0.2, 0) is 16.0 Å². The molecule has 11 heteroatoms. The molecule has 1 aromatic heterocycles. The summed E-state index contributed by atoms with van der Waals surface area (Å²) in [7, 11) is 2.19. The molecule has 272 valence electrons. The maximum Gasteiger partial charge on any atom is 0.410 e. The summed E-state index contributed by atoms with van der Waals surface area (Å²) in [6.07, 6.45) is 4.94. The van der Waals surface area contributed by atoms with Crippen LogP contribution in [-0.4, -0.2) is 108 Å². The van der Waals surface area contributed by atoms with Gasteiger partial charge in [-0.25, -0.2) is 9.59 Å². The summed E-state index contributed by atoms with van der Waals surface area (Å²) in [6, 6.07) is 15.1. The number of fused-ring (bicyclic) bond motifs is 2. The summed E-state index contributed by atoms with van der Waals surface area (Å²) in [5.74, 6) is 0.764. The smallest absolute Gasteiger partial charge is 0.410 e. The highest BCUT2D eigenvalue weighted by molar-refractivity contribution is 5.91. The van der Waals surface area contributed by atoms with Crippen LogP contribution in [0.5, 0.6) is 0 Å². The number of carbonyl (C=O) groups excluding carboxylic acids is 3. The molecule has 2 atom stereocenters. The molecule has 3 fully saturated rings. The largest absolute Gasteiger partial charge is 0.435 e. The van der Waals surface area contributed by atoms with Crippen molar-refractivity contribution in [2.45, 2.75) is 76.9 Å². The minimum atomic E-state index is -0.996. The molecule has 3 saturated heterocycles. The number of anilines is 1. The Balaban J connectivity index is 1.04. The van der Waals surface area contributed by atoms with Crippen molar-refractivity contribution in [2.24, 2.45) is 11.8 Å². The lowest BCUT2D eigenvalue weighted by atomic mass is 9.78. The van der Waals surface area contributed by atoms with Gasteiger partial charge in [-0.3, -0.25) is 9.59 Å². The van der Waals surface area contributed by atoms with Crippen molar-refractivity contribution in [3.05, 3.63) is 75.6 Å². The normalized spacial score (nSPS) is 21.2. The molecule has 0 spiro atoms. The number of ether oxygens (including phenoxy) is 1. The highest BCUT2D eigenvalue weighted by Crippen LogP contribution is 2.34. The summed E-state index contributed by atoms with van der Waals surface area (Å²) in [4.78, 5) is 64.3. The maximum absolute atomic E-state index is 14.4. The second-order valence-electron chi connectivity index (χ2n) is 15.3. The molecule has 0 bridgehead atoms. The molecule has 4 aliphatic rings. The van der Waals surface area contributed by atoms with Crippen molar-refractivity contribution in [3.8, 4) is 0 Å². The number of likely N-dealkylation sites (tertiary alicyclic amines) is 3. The molecule has 0 radical (unpaired) electrons. The zero-order valence-corrected chi connectivity index (χ0v) is 30.2. The Morgan fingerprint density at radius 3 is 2.22 bits per heavy atom. The number of para-hydroxylation sites is 1. The number of pyridine rings is 1. The van der Waals surface area contributed by atoms with Crippen molar-refractivity contribution in [2.75, 3.05) is 58.2 Å².